The number of halogens is 3. The Balaban J connectivity index is 2.05. The van der Waals surface area contributed by atoms with E-state index in [-0.39, 0.29) is 12.0 Å². The monoisotopic (exact) mass is 452 g/mol. The van der Waals surface area contributed by atoms with Crippen molar-refractivity contribution in [1.82, 2.24) is 10.6 Å². The van der Waals surface area contributed by atoms with Crippen LogP contribution in [0.4, 0.5) is 8.78 Å². The highest BCUT2D eigenvalue weighted by molar-refractivity contribution is 9.10. The van der Waals surface area contributed by atoms with Crippen molar-refractivity contribution >= 4 is 27.7 Å². The summed E-state index contributed by atoms with van der Waals surface area (Å²) in [5.41, 5.74) is 0.360. The van der Waals surface area contributed by atoms with Crippen molar-refractivity contribution in [3.05, 3.63) is 69.7 Å². The summed E-state index contributed by atoms with van der Waals surface area (Å²) in [7, 11) is 0. The zero-order valence-electron chi connectivity index (χ0n) is 15.9. The van der Waals surface area contributed by atoms with Crippen LogP contribution in [0.3, 0.4) is 0 Å². The normalized spacial score (nSPS) is 13.1. The minimum atomic E-state index is -0.968. The van der Waals surface area contributed by atoms with E-state index < -0.39 is 35.1 Å². The average Bonchev–Trinajstić information content (AvgIpc) is 2.61. The van der Waals surface area contributed by atoms with Gasteiger partial charge in [-0.2, -0.15) is 0 Å². The highest BCUT2D eigenvalue weighted by atomic mass is 79.9. The Kier molecular flexibility index (Phi) is 7.69. The summed E-state index contributed by atoms with van der Waals surface area (Å²) in [6.45, 7) is 5.36. The second-order valence-corrected chi connectivity index (χ2v) is 7.95. The molecule has 0 aliphatic rings. The lowest BCUT2D eigenvalue weighted by Crippen LogP contribution is -2.52. The molecule has 7 heteroatoms. The van der Waals surface area contributed by atoms with Crippen LogP contribution in [-0.2, 0) is 11.2 Å². The molecule has 2 amide bonds. The molecule has 2 rings (SSSR count). The van der Waals surface area contributed by atoms with Gasteiger partial charge in [-0.3, -0.25) is 9.59 Å². The van der Waals surface area contributed by atoms with Crippen molar-refractivity contribution in [1.29, 1.82) is 0 Å². The van der Waals surface area contributed by atoms with E-state index in [1.807, 2.05) is 31.2 Å². The maximum Gasteiger partial charge on any atom is 0.257 e. The van der Waals surface area contributed by atoms with E-state index in [0.29, 0.717) is 6.42 Å². The summed E-state index contributed by atoms with van der Waals surface area (Å²) in [5.74, 6) is -3.55. The van der Waals surface area contributed by atoms with E-state index in [1.165, 1.54) is 6.07 Å². The molecule has 2 N–H and O–H groups in total. The summed E-state index contributed by atoms with van der Waals surface area (Å²) in [6.07, 6.45) is 0.611. The molecular weight excluding hydrogens is 430 g/mol. The first kappa shape index (κ1) is 22.0. The lowest BCUT2D eigenvalue weighted by molar-refractivity contribution is -0.124. The van der Waals surface area contributed by atoms with Crippen LogP contribution in [0.15, 0.2) is 46.9 Å². The predicted octanol–water partition coefficient (Wildman–Crippen LogP) is 4.23. The molecule has 2 aromatic carbocycles. The number of nitrogens with one attached hydrogen (secondary N) is 2. The van der Waals surface area contributed by atoms with E-state index in [1.54, 1.807) is 13.8 Å². The third-order valence-electron chi connectivity index (χ3n) is 4.27. The fraction of sp³-hybridized carbons (Fsp3) is 0.333. The number of carbonyl (C=O) groups excluding carboxylic acids is 2. The molecule has 0 fully saturated rings. The van der Waals surface area contributed by atoms with Crippen molar-refractivity contribution in [2.24, 2.45) is 5.92 Å². The molecule has 0 aliphatic carbocycles. The molecule has 0 saturated heterocycles. The maximum absolute atomic E-state index is 13.8. The average molecular weight is 453 g/mol. The predicted molar refractivity (Wildman–Crippen MR) is 108 cm³/mol. The van der Waals surface area contributed by atoms with Crippen molar-refractivity contribution < 1.29 is 18.4 Å². The molecule has 0 aliphatic heterocycles. The molecule has 0 radical (unpaired) electrons. The summed E-state index contributed by atoms with van der Waals surface area (Å²) >= 11 is 3.38. The molecule has 1 unspecified atom stereocenters. The van der Waals surface area contributed by atoms with Crippen LogP contribution in [0.5, 0.6) is 0 Å². The molecule has 2 atom stereocenters. The van der Waals surface area contributed by atoms with E-state index >= 15 is 0 Å². The van der Waals surface area contributed by atoms with Crippen molar-refractivity contribution in [3.8, 4) is 0 Å². The molecule has 4 nitrogen and oxygen atoms in total. The highest BCUT2D eigenvalue weighted by Crippen LogP contribution is 2.14. The summed E-state index contributed by atoms with van der Waals surface area (Å²) in [6, 6.07) is 9.83. The van der Waals surface area contributed by atoms with Gasteiger partial charge in [-0.05, 0) is 49.1 Å². The van der Waals surface area contributed by atoms with E-state index in [4.69, 9.17) is 0 Å². The minimum Gasteiger partial charge on any atom is -0.352 e. The third-order valence-corrected chi connectivity index (χ3v) is 4.80. The van der Waals surface area contributed by atoms with Gasteiger partial charge in [0.05, 0.1) is 0 Å². The second kappa shape index (κ2) is 9.78. The molecule has 0 spiro atoms. The van der Waals surface area contributed by atoms with Crippen LogP contribution in [0, 0.1) is 17.6 Å². The van der Waals surface area contributed by atoms with Crippen LogP contribution in [0.1, 0.15) is 36.7 Å². The SMILES string of the molecule is CC(Cc1ccc(Br)cc1)NC(=O)[C@@H](NC(=O)c1c(F)cccc1F)C(C)C. The Morgan fingerprint density at radius 2 is 1.54 bits per heavy atom. The van der Waals surface area contributed by atoms with Crippen molar-refractivity contribution in [3.63, 3.8) is 0 Å². The second-order valence-electron chi connectivity index (χ2n) is 7.03. The summed E-state index contributed by atoms with van der Waals surface area (Å²) in [5, 5.41) is 5.31. The molecule has 0 heterocycles. The fourth-order valence-corrected chi connectivity index (χ4v) is 3.09. The van der Waals surface area contributed by atoms with Gasteiger partial charge in [-0.15, -0.1) is 0 Å². The van der Waals surface area contributed by atoms with E-state index in [0.717, 1.165) is 22.2 Å². The summed E-state index contributed by atoms with van der Waals surface area (Å²) < 4.78 is 28.6. The molecule has 0 bridgehead atoms. The van der Waals surface area contributed by atoms with Crippen LogP contribution in [0.25, 0.3) is 0 Å². The molecule has 2 aromatic rings. The zero-order chi connectivity index (χ0) is 20.8. The molecular formula is C21H23BrF2N2O2. The summed E-state index contributed by atoms with van der Waals surface area (Å²) in [4.78, 5) is 25.0. The number of carbonyl (C=O) groups is 2. The highest BCUT2D eigenvalue weighted by Gasteiger charge is 2.28. The van der Waals surface area contributed by atoms with Gasteiger partial charge in [0.2, 0.25) is 5.91 Å². The minimum absolute atomic E-state index is 0.183. The fourth-order valence-electron chi connectivity index (χ4n) is 2.82. The van der Waals surface area contributed by atoms with Gasteiger partial charge in [0.15, 0.2) is 0 Å². The van der Waals surface area contributed by atoms with Gasteiger partial charge in [0, 0.05) is 10.5 Å². The molecule has 0 saturated carbocycles. The Bertz CT molecular complexity index is 821. The lowest BCUT2D eigenvalue weighted by atomic mass is 10.0. The van der Waals surface area contributed by atoms with Crippen LogP contribution in [-0.4, -0.2) is 23.9 Å². The van der Waals surface area contributed by atoms with Crippen LogP contribution in [0.2, 0.25) is 0 Å². The first-order chi connectivity index (χ1) is 13.2. The van der Waals surface area contributed by atoms with Crippen molar-refractivity contribution in [2.75, 3.05) is 0 Å². The van der Waals surface area contributed by atoms with Gasteiger partial charge < -0.3 is 10.6 Å². The third kappa shape index (κ3) is 5.86. The van der Waals surface area contributed by atoms with Crippen LogP contribution >= 0.6 is 15.9 Å². The largest absolute Gasteiger partial charge is 0.352 e. The van der Waals surface area contributed by atoms with Gasteiger partial charge in [-0.25, -0.2) is 8.78 Å². The first-order valence-corrected chi connectivity index (χ1v) is 9.78. The Morgan fingerprint density at radius 1 is 0.964 bits per heavy atom. The maximum atomic E-state index is 13.8. The molecule has 150 valence electrons. The smallest absolute Gasteiger partial charge is 0.257 e. The van der Waals surface area contributed by atoms with Gasteiger partial charge in [0.1, 0.15) is 23.2 Å². The van der Waals surface area contributed by atoms with Gasteiger partial charge in [0.25, 0.3) is 5.91 Å². The van der Waals surface area contributed by atoms with Gasteiger partial charge in [-0.1, -0.05) is 48.0 Å². The van der Waals surface area contributed by atoms with Crippen LogP contribution < -0.4 is 10.6 Å². The number of benzene rings is 2. The van der Waals surface area contributed by atoms with E-state index in [2.05, 4.69) is 26.6 Å². The molecule has 28 heavy (non-hydrogen) atoms. The van der Waals surface area contributed by atoms with Crippen molar-refractivity contribution in [2.45, 2.75) is 39.3 Å². The Labute approximate surface area is 171 Å². The first-order valence-electron chi connectivity index (χ1n) is 8.98. The van der Waals surface area contributed by atoms with Gasteiger partial charge >= 0.3 is 0 Å². The Hall–Kier alpha value is -2.28. The zero-order valence-corrected chi connectivity index (χ0v) is 17.5. The lowest BCUT2D eigenvalue weighted by Gasteiger charge is -2.24. The number of hydrogen-bond acceptors (Lipinski definition) is 2. The standard InChI is InChI=1S/C21H23BrF2N2O2/c1-12(2)19(26-20(27)18-16(23)5-4-6-17(18)24)21(28)25-13(3)11-14-7-9-15(22)10-8-14/h4-10,12-13,19H,11H2,1-3H3,(H,25,28)(H,26,27)/t13?,19-/m0/s1. The topological polar surface area (TPSA) is 58.2 Å². The van der Waals surface area contributed by atoms with E-state index in [9.17, 15) is 18.4 Å². The Morgan fingerprint density at radius 3 is 2.07 bits per heavy atom. The number of amides is 2. The number of hydrogen-bond donors (Lipinski definition) is 2. The number of rotatable bonds is 7. The molecule has 0 aromatic heterocycles. The quantitative estimate of drug-likeness (QED) is 0.660.